The minimum atomic E-state index is -0.830. The molecule has 0 saturated carbocycles. The standard InChI is InChI=1S/C19H28N2O2S/c22-19(17-3-1-2-9-20-17)8-12-23-18(15-19)6-10-21(11-7-18)16-4-13-24-14-5-16/h1-3,9,16,22H,4-8,10-15H2. The maximum Gasteiger partial charge on any atom is 0.111 e. The second-order valence-electron chi connectivity index (χ2n) is 7.58. The highest BCUT2D eigenvalue weighted by molar-refractivity contribution is 7.99. The summed E-state index contributed by atoms with van der Waals surface area (Å²) in [5.74, 6) is 2.62. The fourth-order valence-corrected chi connectivity index (χ4v) is 5.72. The van der Waals surface area contributed by atoms with Gasteiger partial charge in [-0.25, -0.2) is 0 Å². The van der Waals surface area contributed by atoms with Gasteiger partial charge in [0.15, 0.2) is 0 Å². The van der Waals surface area contributed by atoms with Crippen LogP contribution in [0.2, 0.25) is 0 Å². The zero-order chi connectivity index (χ0) is 16.5. The van der Waals surface area contributed by atoms with Gasteiger partial charge in [-0.05, 0) is 49.3 Å². The molecule has 24 heavy (non-hydrogen) atoms. The van der Waals surface area contributed by atoms with Crippen LogP contribution in [0.25, 0.3) is 0 Å². The number of likely N-dealkylation sites (tertiary alicyclic amines) is 1. The molecular formula is C19H28N2O2S. The molecule has 1 aromatic heterocycles. The molecule has 0 bridgehead atoms. The monoisotopic (exact) mass is 348 g/mol. The van der Waals surface area contributed by atoms with Gasteiger partial charge in [-0.1, -0.05) is 6.07 Å². The molecule has 3 saturated heterocycles. The molecule has 132 valence electrons. The highest BCUT2D eigenvalue weighted by Gasteiger charge is 2.48. The molecule has 5 heteroatoms. The predicted octanol–water partition coefficient (Wildman–Crippen LogP) is 2.81. The molecule has 4 heterocycles. The summed E-state index contributed by atoms with van der Waals surface area (Å²) in [4.78, 5) is 7.09. The number of aliphatic hydroxyl groups is 1. The van der Waals surface area contributed by atoms with Crippen LogP contribution in [-0.2, 0) is 10.3 Å². The molecule has 0 aliphatic carbocycles. The Balaban J connectivity index is 1.43. The first kappa shape index (κ1) is 16.8. The Labute approximate surface area is 149 Å². The van der Waals surface area contributed by atoms with Crippen molar-refractivity contribution in [3.05, 3.63) is 30.1 Å². The lowest BCUT2D eigenvalue weighted by Gasteiger charge is -2.50. The SMILES string of the molecule is OC1(c2ccccn2)CCOC2(CCN(C3CCSCC3)CC2)C1. The van der Waals surface area contributed by atoms with Gasteiger partial charge in [0.2, 0.25) is 0 Å². The molecule has 4 nitrogen and oxygen atoms in total. The molecule has 1 N–H and O–H groups in total. The number of hydrogen-bond donors (Lipinski definition) is 1. The van der Waals surface area contributed by atoms with E-state index in [-0.39, 0.29) is 5.60 Å². The minimum Gasteiger partial charge on any atom is -0.383 e. The van der Waals surface area contributed by atoms with E-state index in [1.54, 1.807) is 6.20 Å². The molecule has 4 rings (SSSR count). The fraction of sp³-hybridized carbons (Fsp3) is 0.737. The van der Waals surface area contributed by atoms with Gasteiger partial charge in [0.05, 0.1) is 17.9 Å². The largest absolute Gasteiger partial charge is 0.383 e. The highest BCUT2D eigenvalue weighted by atomic mass is 32.2. The Bertz CT molecular complexity index is 542. The quantitative estimate of drug-likeness (QED) is 0.890. The molecule has 1 aromatic rings. The number of nitrogens with zero attached hydrogens (tertiary/aromatic N) is 2. The zero-order valence-electron chi connectivity index (χ0n) is 14.3. The summed E-state index contributed by atoms with van der Waals surface area (Å²) in [5.41, 5.74) is -0.187. The van der Waals surface area contributed by atoms with Crippen LogP contribution in [0.1, 0.15) is 44.2 Å². The lowest BCUT2D eigenvalue weighted by Crippen LogP contribution is -2.55. The molecule has 1 spiro atoms. The Morgan fingerprint density at radius 3 is 2.67 bits per heavy atom. The van der Waals surface area contributed by atoms with Gasteiger partial charge in [-0.3, -0.25) is 4.98 Å². The van der Waals surface area contributed by atoms with E-state index >= 15 is 0 Å². The van der Waals surface area contributed by atoms with Crippen LogP contribution in [0, 0.1) is 0 Å². The van der Waals surface area contributed by atoms with E-state index in [1.807, 2.05) is 18.2 Å². The molecule has 0 radical (unpaired) electrons. The summed E-state index contributed by atoms with van der Waals surface area (Å²) in [6, 6.07) is 6.59. The van der Waals surface area contributed by atoms with E-state index in [9.17, 15) is 5.11 Å². The lowest BCUT2D eigenvalue weighted by molar-refractivity contribution is -0.185. The number of aromatic nitrogens is 1. The molecule has 1 atom stereocenters. The van der Waals surface area contributed by atoms with Gasteiger partial charge in [-0.15, -0.1) is 0 Å². The molecule has 3 aliphatic heterocycles. The summed E-state index contributed by atoms with van der Waals surface area (Å²) in [6.45, 7) is 2.84. The normalized spacial score (nSPS) is 32.0. The van der Waals surface area contributed by atoms with Crippen LogP contribution in [0.5, 0.6) is 0 Å². The number of rotatable bonds is 2. The lowest BCUT2D eigenvalue weighted by atomic mass is 9.75. The Morgan fingerprint density at radius 1 is 1.17 bits per heavy atom. The zero-order valence-corrected chi connectivity index (χ0v) is 15.1. The number of hydrogen-bond acceptors (Lipinski definition) is 5. The van der Waals surface area contributed by atoms with Crippen molar-refractivity contribution in [2.45, 2.75) is 55.8 Å². The highest BCUT2D eigenvalue weighted by Crippen LogP contribution is 2.44. The Kier molecular flexibility index (Phi) is 4.87. The smallest absolute Gasteiger partial charge is 0.111 e. The van der Waals surface area contributed by atoms with Gasteiger partial charge < -0.3 is 14.7 Å². The second-order valence-corrected chi connectivity index (χ2v) is 8.81. The summed E-state index contributed by atoms with van der Waals surface area (Å²) >= 11 is 2.09. The van der Waals surface area contributed by atoms with Gasteiger partial charge in [-0.2, -0.15) is 11.8 Å². The fourth-order valence-electron chi connectivity index (χ4n) is 4.63. The first-order valence-corrected chi connectivity index (χ1v) is 10.4. The van der Waals surface area contributed by atoms with Gasteiger partial charge in [0, 0.05) is 38.2 Å². The number of pyridine rings is 1. The molecular weight excluding hydrogens is 320 g/mol. The topological polar surface area (TPSA) is 45.6 Å². The van der Waals surface area contributed by atoms with Crippen molar-refractivity contribution in [1.82, 2.24) is 9.88 Å². The van der Waals surface area contributed by atoms with Crippen molar-refractivity contribution in [3.8, 4) is 0 Å². The summed E-state index contributed by atoms with van der Waals surface area (Å²) in [6.07, 6.45) is 7.84. The Morgan fingerprint density at radius 2 is 1.96 bits per heavy atom. The van der Waals surface area contributed by atoms with E-state index in [0.29, 0.717) is 19.4 Å². The van der Waals surface area contributed by atoms with Crippen LogP contribution < -0.4 is 0 Å². The van der Waals surface area contributed by atoms with Crippen molar-refractivity contribution in [2.24, 2.45) is 0 Å². The van der Waals surface area contributed by atoms with Crippen molar-refractivity contribution in [1.29, 1.82) is 0 Å². The van der Waals surface area contributed by atoms with Crippen molar-refractivity contribution < 1.29 is 9.84 Å². The van der Waals surface area contributed by atoms with E-state index in [4.69, 9.17) is 4.74 Å². The van der Waals surface area contributed by atoms with Crippen LogP contribution in [0.3, 0.4) is 0 Å². The maximum absolute atomic E-state index is 11.2. The molecule has 3 fully saturated rings. The molecule has 1 unspecified atom stereocenters. The average molecular weight is 349 g/mol. The predicted molar refractivity (Wildman–Crippen MR) is 97.2 cm³/mol. The number of ether oxygens (including phenoxy) is 1. The van der Waals surface area contributed by atoms with E-state index < -0.39 is 5.60 Å². The summed E-state index contributed by atoms with van der Waals surface area (Å²) in [7, 11) is 0. The van der Waals surface area contributed by atoms with Crippen molar-refractivity contribution >= 4 is 11.8 Å². The van der Waals surface area contributed by atoms with Gasteiger partial charge in [0.25, 0.3) is 0 Å². The first-order chi connectivity index (χ1) is 11.7. The van der Waals surface area contributed by atoms with Crippen LogP contribution in [0.15, 0.2) is 24.4 Å². The third-order valence-corrected chi connectivity index (χ3v) is 7.15. The Hall–Kier alpha value is -0.620. The second kappa shape index (κ2) is 6.94. The van der Waals surface area contributed by atoms with Gasteiger partial charge in [0.1, 0.15) is 5.60 Å². The molecule has 0 aromatic carbocycles. The first-order valence-electron chi connectivity index (χ1n) is 9.29. The molecule has 3 aliphatic rings. The van der Waals surface area contributed by atoms with Crippen LogP contribution in [-0.4, -0.2) is 57.8 Å². The van der Waals surface area contributed by atoms with Crippen LogP contribution >= 0.6 is 11.8 Å². The van der Waals surface area contributed by atoms with E-state index in [0.717, 1.165) is 37.7 Å². The average Bonchev–Trinajstić information content (AvgIpc) is 2.64. The minimum absolute atomic E-state index is 0.162. The third-order valence-electron chi connectivity index (χ3n) is 6.10. The van der Waals surface area contributed by atoms with Gasteiger partial charge >= 0.3 is 0 Å². The summed E-state index contributed by atoms with van der Waals surface area (Å²) < 4.78 is 6.24. The van der Waals surface area contributed by atoms with Crippen molar-refractivity contribution in [2.75, 3.05) is 31.2 Å². The number of thioether (sulfide) groups is 1. The molecule has 0 amide bonds. The van der Waals surface area contributed by atoms with Crippen LogP contribution in [0.4, 0.5) is 0 Å². The van der Waals surface area contributed by atoms with E-state index in [1.165, 1.54) is 24.3 Å². The number of piperidine rings is 1. The van der Waals surface area contributed by atoms with Crippen molar-refractivity contribution in [3.63, 3.8) is 0 Å². The third kappa shape index (κ3) is 3.36. The maximum atomic E-state index is 11.2. The summed E-state index contributed by atoms with van der Waals surface area (Å²) in [5, 5.41) is 11.2. The van der Waals surface area contributed by atoms with E-state index in [2.05, 4.69) is 21.6 Å².